The first-order valence-corrected chi connectivity index (χ1v) is 11.4. The van der Waals surface area contributed by atoms with Crippen LogP contribution in [0.25, 0.3) is 11.1 Å². The summed E-state index contributed by atoms with van der Waals surface area (Å²) in [5, 5.41) is 5.53. The second-order valence-corrected chi connectivity index (χ2v) is 9.37. The average Bonchev–Trinajstić information content (AvgIpc) is 3.09. The minimum absolute atomic E-state index is 0.0216. The van der Waals surface area contributed by atoms with Crippen LogP contribution in [0, 0.1) is 12.7 Å². The number of fused-ring (bicyclic) bond motifs is 6. The lowest BCUT2D eigenvalue weighted by Crippen LogP contribution is -2.35. The Hall–Kier alpha value is -3.47. The molecule has 2 amide bonds. The van der Waals surface area contributed by atoms with Crippen molar-refractivity contribution in [3.05, 3.63) is 53.6 Å². The van der Waals surface area contributed by atoms with Gasteiger partial charge in [0, 0.05) is 17.8 Å². The van der Waals surface area contributed by atoms with Gasteiger partial charge in [0.05, 0.1) is 18.4 Å². The fourth-order valence-corrected chi connectivity index (χ4v) is 4.44. The van der Waals surface area contributed by atoms with Crippen molar-refractivity contribution in [3.63, 3.8) is 0 Å². The Bertz CT molecular complexity index is 1300. The topological polar surface area (TPSA) is 115 Å². The zero-order valence-corrected chi connectivity index (χ0v) is 18.5. The van der Waals surface area contributed by atoms with Gasteiger partial charge < -0.3 is 10.1 Å². The summed E-state index contributed by atoms with van der Waals surface area (Å²) in [5.74, 6) is -0.717. The summed E-state index contributed by atoms with van der Waals surface area (Å²) < 4.78 is 48.1. The molecule has 0 fully saturated rings. The molecule has 9 nitrogen and oxygen atoms in total. The van der Waals surface area contributed by atoms with Crippen LogP contribution in [0.2, 0.25) is 0 Å². The maximum Gasteiger partial charge on any atom is 0.333 e. The van der Waals surface area contributed by atoms with Crippen molar-refractivity contribution >= 4 is 21.7 Å². The predicted molar refractivity (Wildman–Crippen MR) is 116 cm³/mol. The summed E-state index contributed by atoms with van der Waals surface area (Å²) in [5.41, 5.74) is 3.63. The Morgan fingerprint density at radius 2 is 2.03 bits per heavy atom. The van der Waals surface area contributed by atoms with Crippen LogP contribution in [-0.4, -0.2) is 35.8 Å². The molecule has 0 unspecified atom stereocenters. The number of sulfonamides is 1. The molecule has 4 rings (SSSR count). The Balaban J connectivity index is 1.88. The van der Waals surface area contributed by atoms with Gasteiger partial charge in [-0.3, -0.25) is 4.68 Å². The molecule has 4 bridgehead atoms. The van der Waals surface area contributed by atoms with Gasteiger partial charge in [-0.1, -0.05) is 25.5 Å². The maximum atomic E-state index is 14.3. The molecular formula is C21H22FN5O4S. The van der Waals surface area contributed by atoms with Crippen molar-refractivity contribution in [2.24, 2.45) is 0 Å². The van der Waals surface area contributed by atoms with E-state index in [4.69, 9.17) is 4.74 Å². The first-order chi connectivity index (χ1) is 15.1. The zero-order valence-electron chi connectivity index (χ0n) is 17.7. The molecule has 11 heteroatoms. The number of carbonyl (C=O) groups excluding carboxylic acids is 1. The summed E-state index contributed by atoms with van der Waals surface area (Å²) in [6.45, 7) is 6.02. The first kappa shape index (κ1) is 21.8. The molecular weight excluding hydrogens is 437 g/mol. The molecule has 0 atom stereocenters. The lowest BCUT2D eigenvalue weighted by atomic mass is 9.92. The Morgan fingerprint density at radius 3 is 2.78 bits per heavy atom. The number of anilines is 1. The number of aryl methyl sites for hydroxylation is 1. The summed E-state index contributed by atoms with van der Waals surface area (Å²) in [6.07, 6.45) is 2.51. The van der Waals surface area contributed by atoms with Gasteiger partial charge in [-0.2, -0.15) is 13.5 Å². The molecule has 0 radical (unpaired) electrons. The first-order valence-electron chi connectivity index (χ1n) is 9.94. The van der Waals surface area contributed by atoms with Crippen molar-refractivity contribution in [1.82, 2.24) is 19.5 Å². The van der Waals surface area contributed by atoms with Crippen molar-refractivity contribution in [2.75, 3.05) is 11.9 Å². The number of aromatic nitrogens is 3. The average molecular weight is 460 g/mol. The van der Waals surface area contributed by atoms with E-state index in [1.807, 2.05) is 37.6 Å². The van der Waals surface area contributed by atoms with E-state index < -0.39 is 26.9 Å². The third-order valence-electron chi connectivity index (χ3n) is 4.96. The van der Waals surface area contributed by atoms with Gasteiger partial charge in [0.1, 0.15) is 6.61 Å². The van der Waals surface area contributed by atoms with E-state index in [0.717, 1.165) is 27.6 Å². The molecule has 168 valence electrons. The highest BCUT2D eigenvalue weighted by molar-refractivity contribution is 7.90. The monoisotopic (exact) mass is 459 g/mol. The standard InChI is InChI=1S/C21H22FN5O4S/c1-12(2)15-8-13(3)9-16-14-4-5-23-18(10-14)31-7-6-27-11-17(22)20(25-27)32(29,30)26-21(28)24-19(15)16/h4-5,8-12H,6-7H2,1-3H3,(H2,24,26,28). The second-order valence-electron chi connectivity index (χ2n) is 7.77. The quantitative estimate of drug-likeness (QED) is 0.576. The van der Waals surface area contributed by atoms with Gasteiger partial charge in [0.15, 0.2) is 5.82 Å². The fourth-order valence-electron chi connectivity index (χ4n) is 3.52. The molecule has 1 aliphatic heterocycles. The van der Waals surface area contributed by atoms with Gasteiger partial charge in [-0.25, -0.2) is 18.9 Å². The van der Waals surface area contributed by atoms with E-state index >= 15 is 0 Å². The molecule has 0 saturated carbocycles. The Morgan fingerprint density at radius 1 is 1.25 bits per heavy atom. The molecule has 0 aliphatic carbocycles. The van der Waals surface area contributed by atoms with Crippen molar-refractivity contribution < 1.29 is 22.3 Å². The van der Waals surface area contributed by atoms with Crippen molar-refractivity contribution in [3.8, 4) is 17.0 Å². The van der Waals surface area contributed by atoms with Crippen molar-refractivity contribution in [1.29, 1.82) is 0 Å². The Labute approximate surface area is 184 Å². The molecule has 0 spiro atoms. The maximum absolute atomic E-state index is 14.3. The van der Waals surface area contributed by atoms with E-state index in [2.05, 4.69) is 15.4 Å². The third-order valence-corrected chi connectivity index (χ3v) is 6.20. The van der Waals surface area contributed by atoms with Gasteiger partial charge in [-0.05, 0) is 36.1 Å². The zero-order chi connectivity index (χ0) is 23.0. The Kier molecular flexibility index (Phi) is 5.59. The summed E-state index contributed by atoms with van der Waals surface area (Å²) in [4.78, 5) is 16.9. The number of hydrogen-bond donors (Lipinski definition) is 2. The number of amides is 2. The number of halogens is 1. The largest absolute Gasteiger partial charge is 0.476 e. The number of urea groups is 1. The van der Waals surface area contributed by atoms with Gasteiger partial charge in [-0.15, -0.1) is 0 Å². The van der Waals surface area contributed by atoms with Crippen LogP contribution in [-0.2, 0) is 16.6 Å². The van der Waals surface area contributed by atoms with Crippen LogP contribution in [0.15, 0.2) is 41.7 Å². The molecule has 2 aromatic heterocycles. The van der Waals surface area contributed by atoms with Gasteiger partial charge >= 0.3 is 6.03 Å². The van der Waals surface area contributed by atoms with E-state index in [1.165, 1.54) is 0 Å². The summed E-state index contributed by atoms with van der Waals surface area (Å²) in [6, 6.07) is 6.29. The fraction of sp³-hybridized carbons (Fsp3) is 0.286. The molecule has 1 aromatic carbocycles. The van der Waals surface area contributed by atoms with Gasteiger partial charge in [0.25, 0.3) is 10.0 Å². The molecule has 1 aliphatic rings. The minimum atomic E-state index is -4.54. The molecule has 0 saturated heterocycles. The lowest BCUT2D eigenvalue weighted by Gasteiger charge is -2.20. The minimum Gasteiger partial charge on any atom is -0.476 e. The molecule has 2 N–H and O–H groups in total. The number of nitrogens with zero attached hydrogens (tertiary/aromatic N) is 3. The number of carbonyl (C=O) groups is 1. The van der Waals surface area contributed by atoms with Crippen LogP contribution < -0.4 is 14.8 Å². The molecule has 3 aromatic rings. The van der Waals surface area contributed by atoms with Crippen LogP contribution in [0.3, 0.4) is 0 Å². The van der Waals surface area contributed by atoms with E-state index in [-0.39, 0.29) is 19.1 Å². The smallest absolute Gasteiger partial charge is 0.333 e. The highest BCUT2D eigenvalue weighted by Gasteiger charge is 2.27. The number of rotatable bonds is 1. The second kappa shape index (κ2) is 8.23. The summed E-state index contributed by atoms with van der Waals surface area (Å²) in [7, 11) is -4.54. The molecule has 32 heavy (non-hydrogen) atoms. The van der Waals surface area contributed by atoms with Gasteiger partial charge in [0.2, 0.25) is 10.9 Å². The number of pyridine rings is 1. The summed E-state index contributed by atoms with van der Waals surface area (Å²) >= 11 is 0. The number of benzene rings is 1. The highest BCUT2D eigenvalue weighted by atomic mass is 32.2. The van der Waals surface area contributed by atoms with E-state index in [0.29, 0.717) is 17.1 Å². The number of ether oxygens (including phenoxy) is 1. The number of nitrogens with one attached hydrogen (secondary N) is 2. The van der Waals surface area contributed by atoms with E-state index in [9.17, 15) is 17.6 Å². The highest BCUT2D eigenvalue weighted by Crippen LogP contribution is 2.37. The normalized spacial score (nSPS) is 15.6. The van der Waals surface area contributed by atoms with Crippen LogP contribution >= 0.6 is 0 Å². The SMILES string of the molecule is Cc1cc2c(c(C(C)C)c1)NC(=O)NS(=O)(=O)c1nn(cc1F)CCOc1cc-2ccn1. The van der Waals surface area contributed by atoms with Crippen LogP contribution in [0.5, 0.6) is 5.88 Å². The predicted octanol–water partition coefficient (Wildman–Crippen LogP) is 3.42. The van der Waals surface area contributed by atoms with Crippen LogP contribution in [0.1, 0.15) is 30.9 Å². The number of hydrogen-bond acceptors (Lipinski definition) is 6. The van der Waals surface area contributed by atoms with Crippen molar-refractivity contribution in [2.45, 2.75) is 38.3 Å². The lowest BCUT2D eigenvalue weighted by molar-refractivity contribution is 0.256. The van der Waals surface area contributed by atoms with Crippen LogP contribution in [0.4, 0.5) is 14.9 Å². The molecule has 3 heterocycles. The van der Waals surface area contributed by atoms with E-state index in [1.54, 1.807) is 18.3 Å². The third kappa shape index (κ3) is 4.28.